The van der Waals surface area contributed by atoms with Crippen LogP contribution in [0.1, 0.15) is 37.3 Å². The van der Waals surface area contributed by atoms with E-state index in [2.05, 4.69) is 53.3 Å². The number of nitrogens with one attached hydrogen (secondary N) is 1. The lowest BCUT2D eigenvalue weighted by molar-refractivity contribution is 0.470. The Morgan fingerprint density at radius 2 is 2.18 bits per heavy atom. The molecular weight excluding hydrogens is 274 g/mol. The molecule has 0 spiro atoms. The van der Waals surface area contributed by atoms with Crippen LogP contribution in [0.2, 0.25) is 0 Å². The van der Waals surface area contributed by atoms with Gasteiger partial charge in [-0.2, -0.15) is 0 Å². The normalized spacial score (nSPS) is 24.2. The van der Waals surface area contributed by atoms with Gasteiger partial charge in [-0.15, -0.1) is 0 Å². The van der Waals surface area contributed by atoms with Gasteiger partial charge in [-0.1, -0.05) is 41.4 Å². The smallest absolute Gasteiger partial charge is 0.0222 e. The fourth-order valence-corrected chi connectivity index (χ4v) is 3.35. The summed E-state index contributed by atoms with van der Waals surface area (Å²) in [7, 11) is 0. The molecule has 1 N–H and O–H groups in total. The number of hydrogen-bond donors (Lipinski definition) is 1. The van der Waals surface area contributed by atoms with Crippen LogP contribution in [0, 0.1) is 18.8 Å². The Hall–Kier alpha value is -0.340. The Bertz CT molecular complexity index is 375. The van der Waals surface area contributed by atoms with Crippen LogP contribution in [0.25, 0.3) is 0 Å². The molecule has 1 aromatic rings. The van der Waals surface area contributed by atoms with E-state index in [1.807, 2.05) is 0 Å². The van der Waals surface area contributed by atoms with Crippen LogP contribution in [0.4, 0.5) is 0 Å². The summed E-state index contributed by atoms with van der Waals surface area (Å²) in [6.07, 6.45) is 4.23. The summed E-state index contributed by atoms with van der Waals surface area (Å²) in [6.45, 7) is 6.65. The largest absolute Gasteiger partial charge is 0.312 e. The van der Waals surface area contributed by atoms with Crippen LogP contribution in [0.5, 0.6) is 0 Å². The SMILES string of the molecule is Cc1ccc(CNCC2CCC(C)C2)c(Br)c1. The first-order chi connectivity index (χ1) is 8.15. The zero-order valence-electron chi connectivity index (χ0n) is 10.8. The van der Waals surface area contributed by atoms with Crippen LogP contribution < -0.4 is 5.32 Å². The molecule has 17 heavy (non-hydrogen) atoms. The quantitative estimate of drug-likeness (QED) is 0.874. The summed E-state index contributed by atoms with van der Waals surface area (Å²) in [4.78, 5) is 0. The Morgan fingerprint density at radius 1 is 1.35 bits per heavy atom. The third-order valence-electron chi connectivity index (χ3n) is 3.76. The molecule has 94 valence electrons. The van der Waals surface area contributed by atoms with Gasteiger partial charge >= 0.3 is 0 Å². The summed E-state index contributed by atoms with van der Waals surface area (Å²) in [5, 5.41) is 3.59. The van der Waals surface area contributed by atoms with Crippen molar-refractivity contribution < 1.29 is 0 Å². The molecule has 0 bridgehead atoms. The third kappa shape index (κ3) is 3.82. The maximum absolute atomic E-state index is 3.63. The molecule has 0 saturated heterocycles. The second-order valence-electron chi connectivity index (χ2n) is 5.51. The van der Waals surface area contributed by atoms with Crippen molar-refractivity contribution >= 4 is 15.9 Å². The second-order valence-corrected chi connectivity index (χ2v) is 6.36. The Morgan fingerprint density at radius 3 is 2.82 bits per heavy atom. The average molecular weight is 296 g/mol. The summed E-state index contributed by atoms with van der Waals surface area (Å²) in [6, 6.07) is 6.58. The van der Waals surface area contributed by atoms with Crippen molar-refractivity contribution in [1.82, 2.24) is 5.32 Å². The minimum absolute atomic E-state index is 0.897. The van der Waals surface area contributed by atoms with Crippen LogP contribution in [0.15, 0.2) is 22.7 Å². The number of benzene rings is 1. The highest BCUT2D eigenvalue weighted by molar-refractivity contribution is 9.10. The third-order valence-corrected chi connectivity index (χ3v) is 4.50. The predicted molar refractivity (Wildman–Crippen MR) is 77.1 cm³/mol. The molecule has 0 heterocycles. The lowest BCUT2D eigenvalue weighted by Gasteiger charge is -2.12. The lowest BCUT2D eigenvalue weighted by atomic mass is 10.1. The van der Waals surface area contributed by atoms with Crippen molar-refractivity contribution in [2.75, 3.05) is 6.54 Å². The minimum atomic E-state index is 0.897. The molecule has 0 aliphatic heterocycles. The Kier molecular flexibility index (Phi) is 4.63. The molecule has 2 rings (SSSR count). The molecule has 2 heteroatoms. The molecule has 1 aliphatic rings. The van der Waals surface area contributed by atoms with E-state index in [0.717, 1.165) is 18.4 Å². The van der Waals surface area contributed by atoms with Crippen molar-refractivity contribution in [2.24, 2.45) is 11.8 Å². The highest BCUT2D eigenvalue weighted by atomic mass is 79.9. The molecule has 2 atom stereocenters. The number of halogens is 1. The maximum atomic E-state index is 3.63. The van der Waals surface area contributed by atoms with E-state index in [4.69, 9.17) is 0 Å². The average Bonchev–Trinajstić information content (AvgIpc) is 2.68. The van der Waals surface area contributed by atoms with Crippen molar-refractivity contribution in [3.63, 3.8) is 0 Å². The monoisotopic (exact) mass is 295 g/mol. The lowest BCUT2D eigenvalue weighted by Crippen LogP contribution is -2.21. The molecule has 0 amide bonds. The summed E-state index contributed by atoms with van der Waals surface area (Å²) < 4.78 is 1.23. The van der Waals surface area contributed by atoms with Gasteiger partial charge in [0.15, 0.2) is 0 Å². The minimum Gasteiger partial charge on any atom is -0.312 e. The van der Waals surface area contributed by atoms with Crippen molar-refractivity contribution in [1.29, 1.82) is 0 Å². The molecule has 1 nitrogen and oxygen atoms in total. The summed E-state index contributed by atoms with van der Waals surface area (Å²) >= 11 is 3.63. The molecule has 1 saturated carbocycles. The van der Waals surface area contributed by atoms with Gasteiger partial charge in [-0.25, -0.2) is 0 Å². The van der Waals surface area contributed by atoms with Gasteiger partial charge in [0, 0.05) is 11.0 Å². The van der Waals surface area contributed by atoms with E-state index in [1.54, 1.807) is 0 Å². The van der Waals surface area contributed by atoms with Gasteiger partial charge in [-0.3, -0.25) is 0 Å². The predicted octanol–water partition coefficient (Wildman–Crippen LogP) is 4.28. The summed E-state index contributed by atoms with van der Waals surface area (Å²) in [5.74, 6) is 1.84. The van der Waals surface area contributed by atoms with E-state index in [-0.39, 0.29) is 0 Å². The van der Waals surface area contributed by atoms with E-state index < -0.39 is 0 Å². The zero-order valence-corrected chi connectivity index (χ0v) is 12.4. The van der Waals surface area contributed by atoms with Crippen LogP contribution in [-0.4, -0.2) is 6.54 Å². The zero-order chi connectivity index (χ0) is 12.3. The highest BCUT2D eigenvalue weighted by Crippen LogP contribution is 2.29. The molecule has 0 radical (unpaired) electrons. The first kappa shape index (κ1) is 13.1. The fourth-order valence-electron chi connectivity index (χ4n) is 2.72. The molecule has 1 aromatic carbocycles. The second kappa shape index (κ2) is 6.01. The van der Waals surface area contributed by atoms with Crippen molar-refractivity contribution in [3.05, 3.63) is 33.8 Å². The first-order valence-corrected chi connectivity index (χ1v) is 7.40. The maximum Gasteiger partial charge on any atom is 0.0222 e. The van der Waals surface area contributed by atoms with Gasteiger partial charge < -0.3 is 5.32 Å². The van der Waals surface area contributed by atoms with E-state index in [1.165, 1.54) is 41.4 Å². The first-order valence-electron chi connectivity index (χ1n) is 6.61. The molecular formula is C15H22BrN. The van der Waals surface area contributed by atoms with Gasteiger partial charge in [-0.05, 0) is 55.3 Å². The Balaban J connectivity index is 1.78. The van der Waals surface area contributed by atoms with Crippen LogP contribution >= 0.6 is 15.9 Å². The molecule has 0 aromatic heterocycles. The highest BCUT2D eigenvalue weighted by Gasteiger charge is 2.20. The van der Waals surface area contributed by atoms with Crippen LogP contribution in [0.3, 0.4) is 0 Å². The van der Waals surface area contributed by atoms with Crippen molar-refractivity contribution in [2.45, 2.75) is 39.7 Å². The number of rotatable bonds is 4. The number of hydrogen-bond acceptors (Lipinski definition) is 1. The van der Waals surface area contributed by atoms with Gasteiger partial charge in [0.25, 0.3) is 0 Å². The fraction of sp³-hybridized carbons (Fsp3) is 0.600. The van der Waals surface area contributed by atoms with E-state index in [9.17, 15) is 0 Å². The molecule has 1 aliphatic carbocycles. The van der Waals surface area contributed by atoms with E-state index in [0.29, 0.717) is 0 Å². The van der Waals surface area contributed by atoms with E-state index >= 15 is 0 Å². The van der Waals surface area contributed by atoms with Crippen molar-refractivity contribution in [3.8, 4) is 0 Å². The van der Waals surface area contributed by atoms with Crippen LogP contribution in [-0.2, 0) is 6.54 Å². The van der Waals surface area contributed by atoms with Gasteiger partial charge in [0.2, 0.25) is 0 Å². The molecule has 2 unspecified atom stereocenters. The van der Waals surface area contributed by atoms with Gasteiger partial charge in [0.1, 0.15) is 0 Å². The molecule has 1 fully saturated rings. The summed E-state index contributed by atoms with van der Waals surface area (Å²) in [5.41, 5.74) is 2.67. The topological polar surface area (TPSA) is 12.0 Å². The number of aryl methyl sites for hydroxylation is 1. The Labute approximate surface area is 113 Å². The standard InChI is InChI=1S/C15H22BrN/c1-11-3-5-13(7-11)9-17-10-14-6-4-12(2)8-15(14)16/h4,6,8,11,13,17H,3,5,7,9-10H2,1-2H3. The van der Waals surface area contributed by atoms with Gasteiger partial charge in [0.05, 0.1) is 0 Å².